The topological polar surface area (TPSA) is 3.24 Å². The molecule has 0 saturated carbocycles. The molecule has 0 spiro atoms. The molecule has 0 aliphatic carbocycles. The van der Waals surface area contributed by atoms with Crippen LogP contribution in [0.2, 0.25) is 0 Å². The van der Waals surface area contributed by atoms with Gasteiger partial charge in [-0.3, -0.25) is 4.67 Å². The lowest BCUT2D eigenvalue weighted by atomic mass is 10.1. The van der Waals surface area contributed by atoms with Crippen LogP contribution < -0.4 is 0 Å². The molecule has 0 amide bonds. The van der Waals surface area contributed by atoms with Crippen molar-refractivity contribution >= 4 is 28.6 Å². The summed E-state index contributed by atoms with van der Waals surface area (Å²) in [7, 11) is 4.03. The fourth-order valence-electron chi connectivity index (χ4n) is 1.18. The zero-order valence-corrected chi connectivity index (χ0v) is 10.3. The second-order valence-corrected chi connectivity index (χ2v) is 11.2. The van der Waals surface area contributed by atoms with Gasteiger partial charge in [0.2, 0.25) is 0 Å². The lowest BCUT2D eigenvalue weighted by Crippen LogP contribution is -2.10. The van der Waals surface area contributed by atoms with Crippen LogP contribution in [0.4, 0.5) is 0 Å². The van der Waals surface area contributed by atoms with Crippen molar-refractivity contribution < 1.29 is 0 Å². The Balaban J connectivity index is 2.88. The van der Waals surface area contributed by atoms with E-state index in [-0.39, 0.29) is 11.2 Å². The van der Waals surface area contributed by atoms with Gasteiger partial charge in [0.25, 0.3) is 0 Å². The smallest absolute Gasteiger partial charge is 0.0856 e. The van der Waals surface area contributed by atoms with Crippen LogP contribution in [0.25, 0.3) is 0 Å². The molecule has 0 radical (unpaired) electrons. The molecule has 0 N–H and O–H groups in total. The maximum atomic E-state index is 5.59. The van der Waals surface area contributed by atoms with Crippen LogP contribution in [0.3, 0.4) is 0 Å². The molecular weight excluding hydrogens is 217 g/mol. The largest absolute Gasteiger partial charge is 0.273 e. The van der Waals surface area contributed by atoms with Crippen molar-refractivity contribution in [2.75, 3.05) is 20.3 Å². The van der Waals surface area contributed by atoms with E-state index in [1.165, 1.54) is 0 Å². The van der Waals surface area contributed by atoms with Gasteiger partial charge in [0, 0.05) is 12.1 Å². The molecule has 70 valence electrons. The summed E-state index contributed by atoms with van der Waals surface area (Å²) in [6, 6.07) is 0. The molecule has 1 fully saturated rings. The minimum atomic E-state index is -1.49. The standard InChI is InChI=1S/C9H12NPS2/c1-5-8-7-11(12,10(3)4)13-9(8)6-2/h1-2,8-9H,7H2,3-4H3. The number of terminal acetylenes is 2. The Labute approximate surface area is 89.5 Å². The number of nitrogens with zero attached hydrogens (tertiary/aromatic N) is 1. The number of hydrogen-bond donors (Lipinski definition) is 0. The van der Waals surface area contributed by atoms with Crippen LogP contribution in [0.1, 0.15) is 0 Å². The Hall–Kier alpha value is 0.0800. The van der Waals surface area contributed by atoms with E-state index in [9.17, 15) is 0 Å². The summed E-state index contributed by atoms with van der Waals surface area (Å²) >= 11 is 7.31. The van der Waals surface area contributed by atoms with Crippen LogP contribution in [0.5, 0.6) is 0 Å². The molecule has 4 heteroatoms. The van der Waals surface area contributed by atoms with Crippen molar-refractivity contribution in [1.82, 2.24) is 4.67 Å². The molecule has 1 nitrogen and oxygen atoms in total. The Bertz CT molecular complexity index is 297. The predicted octanol–water partition coefficient (Wildman–Crippen LogP) is 1.86. The molecule has 3 atom stereocenters. The van der Waals surface area contributed by atoms with Gasteiger partial charge in [0.1, 0.15) is 0 Å². The van der Waals surface area contributed by atoms with Gasteiger partial charge in [-0.2, -0.15) is 0 Å². The summed E-state index contributed by atoms with van der Waals surface area (Å²) in [4.78, 5) is 0. The van der Waals surface area contributed by atoms with E-state index in [1.54, 1.807) is 11.4 Å². The zero-order chi connectivity index (χ0) is 10.1. The molecule has 0 aromatic rings. The molecule has 1 heterocycles. The van der Waals surface area contributed by atoms with Crippen LogP contribution in [0, 0.1) is 30.6 Å². The summed E-state index contributed by atoms with van der Waals surface area (Å²) in [5, 5.41) is -1.37. The van der Waals surface area contributed by atoms with Crippen molar-refractivity contribution in [3.63, 3.8) is 0 Å². The van der Waals surface area contributed by atoms with Gasteiger partial charge in [-0.15, -0.1) is 18.8 Å². The van der Waals surface area contributed by atoms with Crippen molar-refractivity contribution in [2.24, 2.45) is 5.92 Å². The molecular formula is C9H12NPS2. The lowest BCUT2D eigenvalue weighted by molar-refractivity contribution is 0.678. The normalized spacial score (nSPS) is 38.5. The first kappa shape index (κ1) is 11.2. The predicted molar refractivity (Wildman–Crippen MR) is 65.4 cm³/mol. The molecule has 1 rings (SSSR count). The highest BCUT2D eigenvalue weighted by Gasteiger charge is 2.39. The average molecular weight is 229 g/mol. The van der Waals surface area contributed by atoms with Crippen LogP contribution in [-0.4, -0.2) is 30.2 Å². The summed E-state index contributed by atoms with van der Waals surface area (Å²) in [5.74, 6) is 5.65. The van der Waals surface area contributed by atoms with Crippen LogP contribution in [-0.2, 0) is 11.8 Å². The minimum Gasteiger partial charge on any atom is -0.273 e. The quantitative estimate of drug-likeness (QED) is 0.499. The second kappa shape index (κ2) is 4.07. The molecule has 1 saturated heterocycles. The Morgan fingerprint density at radius 3 is 2.38 bits per heavy atom. The van der Waals surface area contributed by atoms with E-state index in [2.05, 4.69) is 16.5 Å². The number of rotatable bonds is 1. The van der Waals surface area contributed by atoms with E-state index >= 15 is 0 Å². The maximum absolute atomic E-state index is 5.59. The van der Waals surface area contributed by atoms with Crippen LogP contribution in [0.15, 0.2) is 0 Å². The van der Waals surface area contributed by atoms with E-state index < -0.39 is 5.39 Å². The summed E-state index contributed by atoms with van der Waals surface area (Å²) in [5.41, 5.74) is 0. The highest BCUT2D eigenvalue weighted by Crippen LogP contribution is 2.69. The van der Waals surface area contributed by atoms with Crippen molar-refractivity contribution in [3.8, 4) is 24.7 Å². The molecule has 1 aliphatic rings. The van der Waals surface area contributed by atoms with Gasteiger partial charge in [-0.05, 0) is 14.1 Å². The Morgan fingerprint density at radius 1 is 1.46 bits per heavy atom. The van der Waals surface area contributed by atoms with Crippen molar-refractivity contribution in [3.05, 3.63) is 0 Å². The Morgan fingerprint density at radius 2 is 2.08 bits per heavy atom. The van der Waals surface area contributed by atoms with E-state index in [0.29, 0.717) is 0 Å². The highest BCUT2D eigenvalue weighted by atomic mass is 32.9. The average Bonchev–Trinajstić information content (AvgIpc) is 2.43. The molecule has 0 aromatic carbocycles. The third kappa shape index (κ3) is 2.12. The van der Waals surface area contributed by atoms with E-state index in [1.807, 2.05) is 14.1 Å². The van der Waals surface area contributed by atoms with Crippen molar-refractivity contribution in [2.45, 2.75) is 5.25 Å². The zero-order valence-electron chi connectivity index (χ0n) is 7.73. The fourth-order valence-corrected chi connectivity index (χ4v) is 7.79. The first-order valence-electron chi connectivity index (χ1n) is 3.91. The fraction of sp³-hybridized carbons (Fsp3) is 0.556. The maximum Gasteiger partial charge on any atom is 0.0856 e. The lowest BCUT2D eigenvalue weighted by Gasteiger charge is -2.22. The molecule has 0 aromatic heterocycles. The molecule has 13 heavy (non-hydrogen) atoms. The molecule has 0 bridgehead atoms. The summed E-state index contributed by atoms with van der Waals surface area (Å²) in [6.45, 7) is 0. The SMILES string of the molecule is C#CC1CP(=S)(N(C)C)SC1C#C. The first-order chi connectivity index (χ1) is 6.03. The third-order valence-electron chi connectivity index (χ3n) is 2.06. The van der Waals surface area contributed by atoms with Crippen molar-refractivity contribution in [1.29, 1.82) is 0 Å². The summed E-state index contributed by atoms with van der Waals surface area (Å²) in [6.07, 6.45) is 11.7. The molecule has 3 unspecified atom stereocenters. The van der Waals surface area contributed by atoms with Gasteiger partial charge >= 0.3 is 0 Å². The monoisotopic (exact) mass is 229 g/mol. The molecule has 1 aliphatic heterocycles. The van der Waals surface area contributed by atoms with E-state index in [0.717, 1.165) is 6.16 Å². The minimum absolute atomic E-state index is 0.123. The van der Waals surface area contributed by atoms with Gasteiger partial charge in [0.15, 0.2) is 0 Å². The second-order valence-electron chi connectivity index (χ2n) is 3.13. The summed E-state index contributed by atoms with van der Waals surface area (Å²) < 4.78 is 2.12. The highest BCUT2D eigenvalue weighted by molar-refractivity contribution is 8.70. The van der Waals surface area contributed by atoms with Gasteiger partial charge in [-0.1, -0.05) is 29.1 Å². The van der Waals surface area contributed by atoms with Gasteiger partial charge < -0.3 is 0 Å². The van der Waals surface area contributed by atoms with Gasteiger partial charge in [0.05, 0.1) is 10.6 Å². The number of hydrogen-bond acceptors (Lipinski definition) is 2. The van der Waals surface area contributed by atoms with Crippen LogP contribution >= 0.6 is 16.8 Å². The third-order valence-corrected chi connectivity index (χ3v) is 10.5. The first-order valence-corrected chi connectivity index (χ1v) is 8.33. The van der Waals surface area contributed by atoms with E-state index in [4.69, 9.17) is 24.7 Å². The van der Waals surface area contributed by atoms with Gasteiger partial charge in [-0.25, -0.2) is 0 Å². The Kier molecular flexibility index (Phi) is 3.50.